The van der Waals surface area contributed by atoms with Crippen molar-refractivity contribution in [2.45, 2.75) is 17.9 Å². The van der Waals surface area contributed by atoms with E-state index in [0.29, 0.717) is 5.56 Å². The Kier molecular flexibility index (Phi) is 6.39. The minimum atomic E-state index is -3.80. The Balaban J connectivity index is 2.80. The first-order valence-electron chi connectivity index (χ1n) is 6.31. The highest BCUT2D eigenvalue weighted by Crippen LogP contribution is 2.22. The number of hydrogen-bond acceptors (Lipinski definition) is 5. The third-order valence-corrected chi connectivity index (χ3v) is 4.91. The molecular weight excluding hydrogens is 328 g/mol. The van der Waals surface area contributed by atoms with Gasteiger partial charge in [0, 0.05) is 7.05 Å². The molecule has 1 aromatic carbocycles. The molecule has 0 fully saturated rings. The fraction of sp³-hybridized carbons (Fsp3) is 0.385. The molecule has 0 aromatic heterocycles. The number of carboxylic acid groups (broad SMARTS) is 1. The van der Waals surface area contributed by atoms with E-state index in [9.17, 15) is 18.0 Å². The minimum Gasteiger partial charge on any atom is -0.481 e. The Labute approximate surface area is 133 Å². The molecule has 0 spiro atoms. The molecule has 1 unspecified atom stereocenters. The van der Waals surface area contributed by atoms with Crippen molar-refractivity contribution in [1.82, 2.24) is 4.90 Å². The minimum absolute atomic E-state index is 0.0158. The predicted molar refractivity (Wildman–Crippen MR) is 84.0 cm³/mol. The molecule has 9 heteroatoms. The Hall–Kier alpha value is -1.58. The molecule has 22 heavy (non-hydrogen) atoms. The molecule has 0 radical (unpaired) electrons. The van der Waals surface area contributed by atoms with Crippen molar-refractivity contribution in [2.24, 2.45) is 5.14 Å². The SMILES string of the molecule is CC(c1cccc(S(N)(=O)=O)c1)N(C)C(=O)CSCC(=O)O. The number of thioether (sulfide) groups is 1. The molecule has 3 N–H and O–H groups in total. The van der Waals surface area contributed by atoms with Crippen LogP contribution >= 0.6 is 11.8 Å². The van der Waals surface area contributed by atoms with E-state index in [-0.39, 0.29) is 28.4 Å². The number of carbonyl (C=O) groups is 2. The topological polar surface area (TPSA) is 118 Å². The van der Waals surface area contributed by atoms with Crippen LogP contribution in [0.2, 0.25) is 0 Å². The maximum atomic E-state index is 12.0. The van der Waals surface area contributed by atoms with Gasteiger partial charge in [0.05, 0.1) is 22.4 Å². The molecule has 7 nitrogen and oxygen atoms in total. The molecule has 1 amide bonds. The van der Waals surface area contributed by atoms with Crippen molar-refractivity contribution in [2.75, 3.05) is 18.6 Å². The summed E-state index contributed by atoms with van der Waals surface area (Å²) in [6.07, 6.45) is 0. The molecule has 1 aromatic rings. The van der Waals surface area contributed by atoms with E-state index >= 15 is 0 Å². The van der Waals surface area contributed by atoms with Crippen molar-refractivity contribution in [3.8, 4) is 0 Å². The molecule has 0 aliphatic rings. The lowest BCUT2D eigenvalue weighted by Gasteiger charge is -2.25. The first kappa shape index (κ1) is 18.5. The van der Waals surface area contributed by atoms with E-state index in [1.807, 2.05) is 0 Å². The molecule has 1 rings (SSSR count). The van der Waals surface area contributed by atoms with Crippen LogP contribution in [0.25, 0.3) is 0 Å². The van der Waals surface area contributed by atoms with Gasteiger partial charge in [-0.2, -0.15) is 0 Å². The Bertz CT molecular complexity index is 660. The van der Waals surface area contributed by atoms with Crippen molar-refractivity contribution >= 4 is 33.7 Å². The van der Waals surface area contributed by atoms with E-state index in [2.05, 4.69) is 0 Å². The quantitative estimate of drug-likeness (QED) is 0.749. The fourth-order valence-electron chi connectivity index (χ4n) is 1.72. The molecule has 122 valence electrons. The van der Waals surface area contributed by atoms with E-state index in [1.165, 1.54) is 17.0 Å². The van der Waals surface area contributed by atoms with Gasteiger partial charge in [0.25, 0.3) is 0 Å². The van der Waals surface area contributed by atoms with Gasteiger partial charge in [-0.3, -0.25) is 9.59 Å². The number of amides is 1. The Morgan fingerprint density at radius 2 is 2.00 bits per heavy atom. The molecule has 0 saturated carbocycles. The maximum Gasteiger partial charge on any atom is 0.313 e. The van der Waals surface area contributed by atoms with Gasteiger partial charge >= 0.3 is 5.97 Å². The number of carboxylic acids is 1. The van der Waals surface area contributed by atoms with Gasteiger partial charge in [-0.25, -0.2) is 13.6 Å². The number of hydrogen-bond donors (Lipinski definition) is 2. The Morgan fingerprint density at radius 1 is 1.36 bits per heavy atom. The van der Waals surface area contributed by atoms with Crippen LogP contribution in [0.15, 0.2) is 29.2 Å². The number of rotatable bonds is 7. The van der Waals surface area contributed by atoms with Crippen LogP contribution in [0.4, 0.5) is 0 Å². The number of carbonyl (C=O) groups excluding carboxylic acids is 1. The summed E-state index contributed by atoms with van der Waals surface area (Å²) in [5, 5.41) is 13.6. The van der Waals surface area contributed by atoms with Gasteiger partial charge in [-0.1, -0.05) is 12.1 Å². The van der Waals surface area contributed by atoms with Gasteiger partial charge in [0.15, 0.2) is 0 Å². The van der Waals surface area contributed by atoms with Crippen molar-refractivity contribution in [3.05, 3.63) is 29.8 Å². The monoisotopic (exact) mass is 346 g/mol. The smallest absolute Gasteiger partial charge is 0.313 e. The average Bonchev–Trinajstić information content (AvgIpc) is 2.44. The van der Waals surface area contributed by atoms with Crippen LogP contribution in [-0.2, 0) is 19.6 Å². The summed E-state index contributed by atoms with van der Waals surface area (Å²) in [5.74, 6) is -1.31. The number of benzene rings is 1. The van der Waals surface area contributed by atoms with Gasteiger partial charge < -0.3 is 10.0 Å². The zero-order valence-electron chi connectivity index (χ0n) is 12.2. The van der Waals surface area contributed by atoms with Crippen LogP contribution in [0, 0.1) is 0 Å². The maximum absolute atomic E-state index is 12.0. The number of primary sulfonamides is 1. The standard InChI is InChI=1S/C13H18N2O5S2/c1-9(15(2)12(16)7-21-8-13(17)18)10-4-3-5-11(6-10)22(14,19)20/h3-6,9H,7-8H2,1-2H3,(H,17,18)(H2,14,19,20). The molecular formula is C13H18N2O5S2. The third kappa shape index (κ3) is 5.32. The van der Waals surface area contributed by atoms with Gasteiger partial charge in [0.2, 0.25) is 15.9 Å². The number of nitrogens with zero attached hydrogens (tertiary/aromatic N) is 1. The van der Waals surface area contributed by atoms with Crippen molar-refractivity contribution in [1.29, 1.82) is 0 Å². The molecule has 0 aliphatic heterocycles. The van der Waals surface area contributed by atoms with E-state index in [1.54, 1.807) is 26.1 Å². The summed E-state index contributed by atoms with van der Waals surface area (Å²) in [4.78, 5) is 23.8. The summed E-state index contributed by atoms with van der Waals surface area (Å²) >= 11 is 1.01. The number of sulfonamides is 1. The highest BCUT2D eigenvalue weighted by atomic mass is 32.2. The van der Waals surface area contributed by atoms with Gasteiger partial charge in [0.1, 0.15) is 0 Å². The summed E-state index contributed by atoms with van der Waals surface area (Å²) in [6.45, 7) is 1.75. The van der Waals surface area contributed by atoms with Crippen LogP contribution in [-0.4, -0.2) is 48.9 Å². The lowest BCUT2D eigenvalue weighted by atomic mass is 10.1. The van der Waals surface area contributed by atoms with E-state index in [0.717, 1.165) is 11.8 Å². The van der Waals surface area contributed by atoms with Crippen LogP contribution in [0.1, 0.15) is 18.5 Å². The molecule has 1 atom stereocenters. The van der Waals surface area contributed by atoms with Gasteiger partial charge in [-0.15, -0.1) is 11.8 Å². The normalized spacial score (nSPS) is 12.7. The fourth-order valence-corrected chi connectivity index (χ4v) is 2.94. The second-order valence-corrected chi connectivity index (χ2v) is 7.23. The summed E-state index contributed by atoms with van der Waals surface area (Å²) in [7, 11) is -2.22. The zero-order valence-corrected chi connectivity index (χ0v) is 13.9. The highest BCUT2D eigenvalue weighted by Gasteiger charge is 2.19. The molecule has 0 saturated heterocycles. The summed E-state index contributed by atoms with van der Waals surface area (Å²) < 4.78 is 22.7. The largest absolute Gasteiger partial charge is 0.481 e. The second-order valence-electron chi connectivity index (χ2n) is 4.68. The van der Waals surface area contributed by atoms with Crippen molar-refractivity contribution in [3.63, 3.8) is 0 Å². The lowest BCUT2D eigenvalue weighted by Crippen LogP contribution is -2.31. The van der Waals surface area contributed by atoms with E-state index in [4.69, 9.17) is 10.2 Å². The zero-order chi connectivity index (χ0) is 16.9. The first-order chi connectivity index (χ1) is 10.1. The predicted octanol–water partition coefficient (Wildman–Crippen LogP) is 0.671. The lowest BCUT2D eigenvalue weighted by molar-refractivity contribution is -0.133. The molecule has 0 bridgehead atoms. The van der Waals surface area contributed by atoms with Crippen LogP contribution in [0.3, 0.4) is 0 Å². The van der Waals surface area contributed by atoms with Crippen LogP contribution in [0.5, 0.6) is 0 Å². The second kappa shape index (κ2) is 7.61. The van der Waals surface area contributed by atoms with Crippen molar-refractivity contribution < 1.29 is 23.1 Å². The van der Waals surface area contributed by atoms with Gasteiger partial charge in [-0.05, 0) is 24.6 Å². The Morgan fingerprint density at radius 3 is 2.55 bits per heavy atom. The first-order valence-corrected chi connectivity index (χ1v) is 9.01. The molecule has 0 heterocycles. The number of nitrogens with two attached hydrogens (primary N) is 1. The highest BCUT2D eigenvalue weighted by molar-refractivity contribution is 8.00. The third-order valence-electron chi connectivity index (χ3n) is 3.09. The number of aliphatic carboxylic acids is 1. The average molecular weight is 346 g/mol. The van der Waals surface area contributed by atoms with E-state index < -0.39 is 16.0 Å². The summed E-state index contributed by atoms with van der Waals surface area (Å²) in [6, 6.07) is 5.71. The molecule has 0 aliphatic carbocycles. The summed E-state index contributed by atoms with van der Waals surface area (Å²) in [5.41, 5.74) is 0.630. The van der Waals surface area contributed by atoms with Crippen LogP contribution < -0.4 is 5.14 Å².